The van der Waals surface area contributed by atoms with Crippen molar-refractivity contribution in [2.75, 3.05) is 5.73 Å². The quantitative estimate of drug-likeness (QED) is 0.599. The molecule has 0 radical (unpaired) electrons. The number of nitrogen functional groups attached to an aromatic ring is 1. The van der Waals surface area contributed by atoms with E-state index in [0.29, 0.717) is 11.3 Å². The Morgan fingerprint density at radius 1 is 0.958 bits per heavy atom. The van der Waals surface area contributed by atoms with Crippen LogP contribution in [0.3, 0.4) is 0 Å². The number of nitrogens with two attached hydrogens (primary N) is 1. The Bertz CT molecular complexity index is 1180. The molecule has 0 aliphatic carbocycles. The number of fused-ring (bicyclic) bond motifs is 3. The van der Waals surface area contributed by atoms with Crippen molar-refractivity contribution in [1.82, 2.24) is 19.4 Å². The zero-order chi connectivity index (χ0) is 16.9. The molecule has 0 bridgehead atoms. The van der Waals surface area contributed by atoms with E-state index in [9.17, 15) is 8.42 Å². The first kappa shape index (κ1) is 14.6. The molecule has 0 aliphatic rings. The van der Waals surface area contributed by atoms with Crippen molar-refractivity contribution in [2.45, 2.75) is 16.7 Å². The molecule has 0 atom stereocenters. The van der Waals surface area contributed by atoms with Crippen molar-refractivity contribution >= 4 is 32.3 Å². The summed E-state index contributed by atoms with van der Waals surface area (Å²) >= 11 is 0. The van der Waals surface area contributed by atoms with Crippen molar-refractivity contribution in [1.29, 1.82) is 0 Å². The molecule has 0 saturated heterocycles. The van der Waals surface area contributed by atoms with Crippen LogP contribution in [0, 0.1) is 6.92 Å². The molecule has 0 saturated carbocycles. The molecular formula is C16H13N5O2S. The van der Waals surface area contributed by atoms with Gasteiger partial charge >= 0.3 is 0 Å². The summed E-state index contributed by atoms with van der Waals surface area (Å²) in [5.41, 5.74) is 8.14. The van der Waals surface area contributed by atoms with E-state index < -0.39 is 9.84 Å². The monoisotopic (exact) mass is 339 g/mol. The molecule has 1 aromatic carbocycles. The van der Waals surface area contributed by atoms with E-state index in [2.05, 4.69) is 15.0 Å². The molecule has 120 valence electrons. The molecule has 0 spiro atoms. The second-order valence-electron chi connectivity index (χ2n) is 5.41. The maximum absolute atomic E-state index is 13.2. The number of sulfone groups is 1. The number of hydrogen-bond donors (Lipinski definition) is 1. The highest BCUT2D eigenvalue weighted by Crippen LogP contribution is 2.33. The lowest BCUT2D eigenvalue weighted by molar-refractivity contribution is 0.597. The summed E-state index contributed by atoms with van der Waals surface area (Å²) < 4.78 is 28.0. The highest BCUT2D eigenvalue weighted by molar-refractivity contribution is 7.92. The summed E-state index contributed by atoms with van der Waals surface area (Å²) in [6.07, 6.45) is 6.16. The van der Waals surface area contributed by atoms with Crippen molar-refractivity contribution in [3.05, 3.63) is 54.6 Å². The van der Waals surface area contributed by atoms with Gasteiger partial charge in [0.15, 0.2) is 11.3 Å². The summed E-state index contributed by atoms with van der Waals surface area (Å²) in [5, 5.41) is 0. The Hall–Kier alpha value is -3.00. The lowest BCUT2D eigenvalue weighted by atomic mass is 10.2. The minimum Gasteiger partial charge on any atom is -0.395 e. The fourth-order valence-corrected chi connectivity index (χ4v) is 4.19. The van der Waals surface area contributed by atoms with Crippen LogP contribution in [0.1, 0.15) is 5.56 Å². The highest BCUT2D eigenvalue weighted by atomic mass is 32.2. The first-order chi connectivity index (χ1) is 11.5. The molecule has 4 rings (SSSR count). The van der Waals surface area contributed by atoms with E-state index in [1.165, 1.54) is 12.4 Å². The number of pyridine rings is 1. The molecule has 8 heteroatoms. The molecule has 7 nitrogen and oxygen atoms in total. The maximum Gasteiger partial charge on any atom is 0.211 e. The van der Waals surface area contributed by atoms with E-state index in [4.69, 9.17) is 5.73 Å². The van der Waals surface area contributed by atoms with Gasteiger partial charge in [0.2, 0.25) is 9.84 Å². The van der Waals surface area contributed by atoms with Gasteiger partial charge in [0.1, 0.15) is 10.4 Å². The Balaban J connectivity index is 2.15. The molecule has 0 unspecified atom stereocenters. The third-order valence-corrected chi connectivity index (χ3v) is 5.69. The smallest absolute Gasteiger partial charge is 0.211 e. The van der Waals surface area contributed by atoms with Gasteiger partial charge in [-0.25, -0.2) is 23.4 Å². The zero-order valence-corrected chi connectivity index (χ0v) is 13.5. The fraction of sp³-hybridized carbons (Fsp3) is 0.0625. The van der Waals surface area contributed by atoms with Crippen LogP contribution in [0.15, 0.2) is 58.8 Å². The third kappa shape index (κ3) is 1.96. The highest BCUT2D eigenvalue weighted by Gasteiger charge is 2.27. The van der Waals surface area contributed by atoms with Gasteiger partial charge in [-0.05, 0) is 19.1 Å². The normalized spacial score (nSPS) is 12.0. The van der Waals surface area contributed by atoms with Gasteiger partial charge in [0.25, 0.3) is 0 Å². The Kier molecular flexibility index (Phi) is 3.04. The number of anilines is 1. The van der Waals surface area contributed by atoms with Crippen LogP contribution < -0.4 is 5.73 Å². The number of imidazole rings is 1. The Morgan fingerprint density at radius 3 is 2.38 bits per heavy atom. The van der Waals surface area contributed by atoms with Crippen LogP contribution in [0.2, 0.25) is 0 Å². The van der Waals surface area contributed by atoms with E-state index in [1.807, 2.05) is 6.92 Å². The van der Waals surface area contributed by atoms with E-state index in [-0.39, 0.29) is 21.0 Å². The fourth-order valence-electron chi connectivity index (χ4n) is 2.68. The lowest BCUT2D eigenvalue weighted by Crippen LogP contribution is -2.10. The van der Waals surface area contributed by atoms with Gasteiger partial charge < -0.3 is 5.73 Å². The number of hydrogen-bond acceptors (Lipinski definition) is 6. The van der Waals surface area contributed by atoms with Crippen LogP contribution in [0.4, 0.5) is 5.69 Å². The largest absolute Gasteiger partial charge is 0.395 e. The maximum atomic E-state index is 13.2. The minimum absolute atomic E-state index is 0.0619. The second-order valence-corrected chi connectivity index (χ2v) is 7.30. The Labute approximate surface area is 137 Å². The summed E-state index contributed by atoms with van der Waals surface area (Å²) in [7, 11) is -3.86. The molecule has 3 aromatic heterocycles. The summed E-state index contributed by atoms with van der Waals surface area (Å²) in [6, 6.07) is 6.60. The van der Waals surface area contributed by atoms with E-state index in [0.717, 1.165) is 5.56 Å². The van der Waals surface area contributed by atoms with Crippen LogP contribution in [0.5, 0.6) is 0 Å². The van der Waals surface area contributed by atoms with Crippen LogP contribution in [-0.2, 0) is 9.84 Å². The van der Waals surface area contributed by atoms with Crippen molar-refractivity contribution in [3.8, 4) is 0 Å². The average Bonchev–Trinajstić information content (AvgIpc) is 3.06. The van der Waals surface area contributed by atoms with Gasteiger partial charge in [0, 0.05) is 24.8 Å². The first-order valence-electron chi connectivity index (χ1n) is 7.17. The molecule has 0 amide bonds. The minimum atomic E-state index is -3.86. The molecule has 4 aromatic rings. The van der Waals surface area contributed by atoms with E-state index in [1.54, 1.807) is 41.1 Å². The van der Waals surface area contributed by atoms with Gasteiger partial charge in [-0.2, -0.15) is 0 Å². The molecule has 3 heterocycles. The summed E-state index contributed by atoms with van der Waals surface area (Å²) in [5.74, 6) is 0. The molecule has 0 aliphatic heterocycles. The molecule has 24 heavy (non-hydrogen) atoms. The SMILES string of the molecule is Cc1ccc(S(=O)(=O)c2c(N)c3nccn3c3nccnc23)cc1. The van der Waals surface area contributed by atoms with Crippen LogP contribution >= 0.6 is 0 Å². The van der Waals surface area contributed by atoms with Gasteiger partial charge in [-0.1, -0.05) is 17.7 Å². The summed E-state index contributed by atoms with van der Waals surface area (Å²) in [6.45, 7) is 1.89. The Morgan fingerprint density at radius 2 is 1.62 bits per heavy atom. The first-order valence-corrected chi connectivity index (χ1v) is 8.65. The van der Waals surface area contributed by atoms with Crippen molar-refractivity contribution in [2.24, 2.45) is 0 Å². The lowest BCUT2D eigenvalue weighted by Gasteiger charge is -2.12. The van der Waals surface area contributed by atoms with Crippen LogP contribution in [0.25, 0.3) is 16.8 Å². The van der Waals surface area contributed by atoms with Crippen LogP contribution in [-0.4, -0.2) is 27.8 Å². The van der Waals surface area contributed by atoms with Gasteiger partial charge in [0.05, 0.1) is 10.6 Å². The zero-order valence-electron chi connectivity index (χ0n) is 12.7. The average molecular weight is 339 g/mol. The standard InChI is InChI=1S/C16H13N5O2S/c1-10-2-4-11(5-3-10)24(22,23)14-12(17)15-20-8-9-21(15)16-13(14)18-6-7-19-16/h2-9H,17H2,1H3. The van der Waals surface area contributed by atoms with Crippen molar-refractivity contribution < 1.29 is 8.42 Å². The molecule has 0 fully saturated rings. The third-order valence-electron chi connectivity index (χ3n) is 3.85. The molecule has 2 N–H and O–H groups in total. The molecular weight excluding hydrogens is 326 g/mol. The number of aryl methyl sites for hydroxylation is 1. The summed E-state index contributed by atoms with van der Waals surface area (Å²) in [4.78, 5) is 12.7. The second kappa shape index (κ2) is 5.00. The number of nitrogens with zero attached hydrogens (tertiary/aromatic N) is 4. The van der Waals surface area contributed by atoms with Crippen molar-refractivity contribution in [3.63, 3.8) is 0 Å². The predicted octanol–water partition coefficient (Wildman–Crippen LogP) is 2.00. The number of aromatic nitrogens is 4. The topological polar surface area (TPSA) is 103 Å². The number of rotatable bonds is 2. The van der Waals surface area contributed by atoms with Gasteiger partial charge in [-0.15, -0.1) is 0 Å². The predicted molar refractivity (Wildman–Crippen MR) is 89.3 cm³/mol. The van der Waals surface area contributed by atoms with Gasteiger partial charge in [-0.3, -0.25) is 4.40 Å². The van der Waals surface area contributed by atoms with E-state index >= 15 is 0 Å². The number of benzene rings is 1.